The fourth-order valence-electron chi connectivity index (χ4n) is 2.87. The van der Waals surface area contributed by atoms with E-state index in [-0.39, 0.29) is 5.41 Å². The molecule has 12 heavy (non-hydrogen) atoms. The normalized spacial score (nSPS) is 41.2. The van der Waals surface area contributed by atoms with Gasteiger partial charge in [-0.1, -0.05) is 20.8 Å². The minimum absolute atomic E-state index is 0.279. The molecule has 0 aromatic rings. The van der Waals surface area contributed by atoms with Gasteiger partial charge in [0.15, 0.2) is 0 Å². The van der Waals surface area contributed by atoms with E-state index < -0.39 is 0 Å². The van der Waals surface area contributed by atoms with Gasteiger partial charge in [-0.3, -0.25) is 0 Å². The highest BCUT2D eigenvalue weighted by Gasteiger charge is 2.38. The Hall–Kier alpha value is -0.0800. The van der Waals surface area contributed by atoms with Gasteiger partial charge in [0.05, 0.1) is 0 Å². The lowest BCUT2D eigenvalue weighted by molar-refractivity contribution is 0.0904. The van der Waals surface area contributed by atoms with E-state index in [1.54, 1.807) is 0 Å². The van der Waals surface area contributed by atoms with Crippen LogP contribution in [0.5, 0.6) is 0 Å². The van der Waals surface area contributed by atoms with Gasteiger partial charge in [-0.2, -0.15) is 0 Å². The molecule has 1 aliphatic rings. The van der Waals surface area contributed by atoms with Crippen LogP contribution in [-0.2, 0) is 0 Å². The predicted molar refractivity (Wildman–Crippen MR) is 52.8 cm³/mol. The van der Waals surface area contributed by atoms with E-state index in [1.807, 2.05) is 0 Å². The minimum atomic E-state index is 0.279. The molecule has 1 rings (SSSR count). The molecule has 2 nitrogen and oxygen atoms in total. The van der Waals surface area contributed by atoms with Gasteiger partial charge < -0.3 is 11.5 Å². The minimum Gasteiger partial charge on any atom is -0.330 e. The van der Waals surface area contributed by atoms with Crippen molar-refractivity contribution in [2.75, 3.05) is 6.54 Å². The van der Waals surface area contributed by atoms with Gasteiger partial charge in [0.25, 0.3) is 0 Å². The molecule has 0 unspecified atom stereocenters. The maximum atomic E-state index is 6.01. The summed E-state index contributed by atoms with van der Waals surface area (Å²) in [7, 11) is 0. The summed E-state index contributed by atoms with van der Waals surface area (Å²) in [6.45, 7) is 7.61. The molecule has 0 aromatic heterocycles. The van der Waals surface area contributed by atoms with Crippen molar-refractivity contribution in [3.8, 4) is 0 Å². The summed E-state index contributed by atoms with van der Waals surface area (Å²) >= 11 is 0. The molecule has 0 spiro atoms. The SMILES string of the molecule is CC1(C)C[C@H](N)C[C@](C)(CN)C1. The first-order valence-electron chi connectivity index (χ1n) is 4.83. The fourth-order valence-corrected chi connectivity index (χ4v) is 2.87. The molecule has 2 atom stereocenters. The molecule has 0 heterocycles. The molecular formula is C10H22N2. The van der Waals surface area contributed by atoms with Crippen LogP contribution in [0.1, 0.15) is 40.0 Å². The third-order valence-corrected chi connectivity index (χ3v) is 2.97. The Morgan fingerprint density at radius 3 is 2.25 bits per heavy atom. The number of nitrogens with two attached hydrogens (primary N) is 2. The molecule has 0 amide bonds. The molecule has 1 fully saturated rings. The molecule has 72 valence electrons. The van der Waals surface area contributed by atoms with Crippen molar-refractivity contribution in [1.82, 2.24) is 0 Å². The highest BCUT2D eigenvalue weighted by atomic mass is 14.7. The molecule has 0 saturated heterocycles. The summed E-state index contributed by atoms with van der Waals surface area (Å²) in [4.78, 5) is 0. The van der Waals surface area contributed by atoms with Gasteiger partial charge in [-0.25, -0.2) is 0 Å². The Morgan fingerprint density at radius 2 is 1.83 bits per heavy atom. The first-order chi connectivity index (χ1) is 5.37. The molecule has 4 N–H and O–H groups in total. The van der Waals surface area contributed by atoms with Gasteiger partial charge in [0.2, 0.25) is 0 Å². The van der Waals surface area contributed by atoms with Crippen LogP contribution >= 0.6 is 0 Å². The van der Waals surface area contributed by atoms with Gasteiger partial charge >= 0.3 is 0 Å². The molecule has 0 aliphatic heterocycles. The Bertz CT molecular complexity index is 165. The van der Waals surface area contributed by atoms with E-state index in [0.29, 0.717) is 11.5 Å². The second-order valence-electron chi connectivity index (χ2n) is 5.52. The fraction of sp³-hybridized carbons (Fsp3) is 1.00. The van der Waals surface area contributed by atoms with Crippen LogP contribution in [0.25, 0.3) is 0 Å². The summed E-state index contributed by atoms with van der Waals surface area (Å²) in [5.41, 5.74) is 12.4. The van der Waals surface area contributed by atoms with Gasteiger partial charge in [0, 0.05) is 6.04 Å². The number of hydrogen-bond acceptors (Lipinski definition) is 2. The number of hydrogen-bond donors (Lipinski definition) is 2. The van der Waals surface area contributed by atoms with Crippen molar-refractivity contribution >= 4 is 0 Å². The quantitative estimate of drug-likeness (QED) is 0.626. The van der Waals surface area contributed by atoms with E-state index in [4.69, 9.17) is 11.5 Å². The zero-order valence-corrected chi connectivity index (χ0v) is 8.56. The second-order valence-corrected chi connectivity index (χ2v) is 5.52. The smallest absolute Gasteiger partial charge is 0.00495 e. The van der Waals surface area contributed by atoms with Crippen molar-refractivity contribution in [3.05, 3.63) is 0 Å². The van der Waals surface area contributed by atoms with Crippen LogP contribution < -0.4 is 11.5 Å². The average molecular weight is 170 g/mol. The van der Waals surface area contributed by atoms with E-state index in [2.05, 4.69) is 20.8 Å². The van der Waals surface area contributed by atoms with Gasteiger partial charge in [0.1, 0.15) is 0 Å². The topological polar surface area (TPSA) is 52.0 Å². The van der Waals surface area contributed by atoms with E-state index >= 15 is 0 Å². The molecule has 1 aliphatic carbocycles. The summed E-state index contributed by atoms with van der Waals surface area (Å²) in [5, 5.41) is 0. The Labute approximate surface area is 75.7 Å². The standard InChI is InChI=1S/C10H22N2/c1-9(2)4-8(12)5-10(3,6-9)7-11/h8H,4-7,11-12H2,1-3H3/t8-,10-/m0/s1. The molecule has 0 aromatic carbocycles. The van der Waals surface area contributed by atoms with E-state index in [0.717, 1.165) is 19.4 Å². The average Bonchev–Trinajstić information content (AvgIpc) is 1.82. The maximum Gasteiger partial charge on any atom is 0.00495 e. The first-order valence-corrected chi connectivity index (χ1v) is 4.83. The third kappa shape index (κ3) is 2.20. The van der Waals surface area contributed by atoms with Crippen LogP contribution in [0, 0.1) is 10.8 Å². The van der Waals surface area contributed by atoms with Crippen LogP contribution in [0.2, 0.25) is 0 Å². The summed E-state index contributed by atoms with van der Waals surface area (Å²) in [6, 6.07) is 0.349. The highest BCUT2D eigenvalue weighted by molar-refractivity contribution is 4.93. The lowest BCUT2D eigenvalue weighted by Crippen LogP contribution is -2.45. The highest BCUT2D eigenvalue weighted by Crippen LogP contribution is 2.44. The van der Waals surface area contributed by atoms with Gasteiger partial charge in [-0.05, 0) is 36.6 Å². The van der Waals surface area contributed by atoms with Crippen LogP contribution in [-0.4, -0.2) is 12.6 Å². The lowest BCUT2D eigenvalue weighted by Gasteiger charge is -2.45. The van der Waals surface area contributed by atoms with Crippen LogP contribution in [0.3, 0.4) is 0 Å². The zero-order valence-electron chi connectivity index (χ0n) is 8.56. The van der Waals surface area contributed by atoms with Crippen molar-refractivity contribution in [3.63, 3.8) is 0 Å². The molecule has 0 bridgehead atoms. The first kappa shape index (κ1) is 10.0. The molecule has 1 saturated carbocycles. The van der Waals surface area contributed by atoms with E-state index in [9.17, 15) is 0 Å². The van der Waals surface area contributed by atoms with Crippen molar-refractivity contribution in [2.45, 2.75) is 46.1 Å². The molecule has 2 heteroatoms. The molecular weight excluding hydrogens is 148 g/mol. The van der Waals surface area contributed by atoms with E-state index in [1.165, 1.54) is 6.42 Å². The largest absolute Gasteiger partial charge is 0.330 e. The maximum absolute atomic E-state index is 6.01. The monoisotopic (exact) mass is 170 g/mol. The Morgan fingerprint density at radius 1 is 1.25 bits per heavy atom. The zero-order chi connectivity index (χ0) is 9.41. The molecule has 0 radical (unpaired) electrons. The van der Waals surface area contributed by atoms with Crippen LogP contribution in [0.4, 0.5) is 0 Å². The van der Waals surface area contributed by atoms with Crippen molar-refractivity contribution in [1.29, 1.82) is 0 Å². The van der Waals surface area contributed by atoms with Crippen molar-refractivity contribution < 1.29 is 0 Å². The third-order valence-electron chi connectivity index (χ3n) is 2.97. The van der Waals surface area contributed by atoms with Crippen LogP contribution in [0.15, 0.2) is 0 Å². The Kier molecular flexibility index (Phi) is 2.50. The van der Waals surface area contributed by atoms with Gasteiger partial charge in [-0.15, -0.1) is 0 Å². The second kappa shape index (κ2) is 3.00. The summed E-state index contributed by atoms with van der Waals surface area (Å²) < 4.78 is 0. The number of rotatable bonds is 1. The van der Waals surface area contributed by atoms with Crippen molar-refractivity contribution in [2.24, 2.45) is 22.3 Å². The Balaban J connectivity index is 2.70. The summed E-state index contributed by atoms with van der Waals surface area (Å²) in [5.74, 6) is 0. The lowest BCUT2D eigenvalue weighted by atomic mass is 9.63. The summed E-state index contributed by atoms with van der Waals surface area (Å²) in [6.07, 6.45) is 3.44. The predicted octanol–water partition coefficient (Wildman–Crippen LogP) is 1.49.